The van der Waals surface area contributed by atoms with Crippen molar-refractivity contribution in [3.8, 4) is 0 Å². The van der Waals surface area contributed by atoms with Gasteiger partial charge < -0.3 is 20.3 Å². The Hall–Kier alpha value is -1.98. The van der Waals surface area contributed by atoms with Crippen molar-refractivity contribution in [2.24, 2.45) is 0 Å². The summed E-state index contributed by atoms with van der Waals surface area (Å²) in [5, 5.41) is 7.01. The minimum atomic E-state index is -3.29. The molecule has 1 aliphatic heterocycles. The number of methoxy groups -OCH3 is 1. The summed E-state index contributed by atoms with van der Waals surface area (Å²) < 4.78 is 31.3. The molecule has 0 unspecified atom stereocenters. The summed E-state index contributed by atoms with van der Waals surface area (Å²) in [6.45, 7) is 3.75. The van der Waals surface area contributed by atoms with Crippen molar-refractivity contribution in [2.75, 3.05) is 50.2 Å². The van der Waals surface area contributed by atoms with Crippen molar-refractivity contribution >= 4 is 39.1 Å². The van der Waals surface area contributed by atoms with E-state index in [9.17, 15) is 8.42 Å². The number of fused-ring (bicyclic) bond motifs is 1. The highest BCUT2D eigenvalue weighted by Gasteiger charge is 2.30. The maximum atomic E-state index is 11.7. The van der Waals surface area contributed by atoms with E-state index >= 15 is 0 Å². The van der Waals surface area contributed by atoms with Crippen LogP contribution in [0.15, 0.2) is 24.4 Å². The summed E-state index contributed by atoms with van der Waals surface area (Å²) >= 11 is 6.35. The number of aromatic nitrogens is 2. The van der Waals surface area contributed by atoms with Gasteiger partial charge in [-0.2, -0.15) is 4.98 Å². The molecule has 3 N–H and O–H groups in total. The molecule has 0 amide bonds. The average molecular weight is 509 g/mol. The molecule has 34 heavy (non-hydrogen) atoms. The van der Waals surface area contributed by atoms with E-state index in [1.807, 2.05) is 0 Å². The second-order valence-electron chi connectivity index (χ2n) is 9.01. The lowest BCUT2D eigenvalue weighted by atomic mass is 10.0. The van der Waals surface area contributed by atoms with Crippen LogP contribution in [-0.4, -0.2) is 75.0 Å². The highest BCUT2D eigenvalue weighted by Crippen LogP contribution is 2.28. The van der Waals surface area contributed by atoms with Crippen molar-refractivity contribution in [1.29, 1.82) is 0 Å². The maximum Gasteiger partial charge on any atom is 0.229 e. The van der Waals surface area contributed by atoms with Crippen LogP contribution in [0.4, 0.5) is 17.5 Å². The Kier molecular flexibility index (Phi) is 8.26. The summed E-state index contributed by atoms with van der Waals surface area (Å²) in [5.41, 5.74) is 3.63. The molecule has 9 nitrogen and oxygen atoms in total. The number of sulfonamides is 1. The number of hydrogen-bond donors (Lipinski definition) is 3. The van der Waals surface area contributed by atoms with Gasteiger partial charge in [0.15, 0.2) is 5.82 Å². The minimum Gasteiger partial charge on any atom is -0.383 e. The number of nitrogens with one attached hydrogen (secondary N) is 3. The summed E-state index contributed by atoms with van der Waals surface area (Å²) in [6, 6.07) is 6.13. The zero-order valence-corrected chi connectivity index (χ0v) is 21.3. The quantitative estimate of drug-likeness (QED) is 0.474. The molecule has 1 aliphatic carbocycles. The van der Waals surface area contributed by atoms with Crippen LogP contribution in [0.25, 0.3) is 0 Å². The fourth-order valence-corrected chi connectivity index (χ4v) is 5.65. The van der Waals surface area contributed by atoms with Crippen molar-refractivity contribution in [1.82, 2.24) is 19.6 Å². The fraction of sp³-hybridized carbons (Fsp3) is 0.565. The number of halogens is 1. The Morgan fingerprint density at radius 2 is 1.94 bits per heavy atom. The van der Waals surface area contributed by atoms with Gasteiger partial charge in [-0.1, -0.05) is 17.7 Å². The molecule has 2 atom stereocenters. The summed E-state index contributed by atoms with van der Waals surface area (Å²) in [6.07, 6.45) is 7.29. The monoisotopic (exact) mass is 508 g/mol. The Morgan fingerprint density at radius 1 is 1.18 bits per heavy atom. The lowest BCUT2D eigenvalue weighted by Gasteiger charge is -2.22. The summed E-state index contributed by atoms with van der Waals surface area (Å²) in [4.78, 5) is 11.3. The molecule has 1 fully saturated rings. The molecule has 0 spiro atoms. The molecule has 0 saturated heterocycles. The first-order chi connectivity index (χ1) is 16.3. The van der Waals surface area contributed by atoms with Crippen LogP contribution in [0, 0.1) is 0 Å². The van der Waals surface area contributed by atoms with Crippen molar-refractivity contribution in [3.63, 3.8) is 0 Å². The number of ether oxygens (including phenoxy) is 1. The Labute approximate surface area is 206 Å². The molecular formula is C23H33ClN6O3S. The molecule has 2 aromatic rings. The standard InChI is InChI=1S/C23H33ClN6O3S/c1-33-13-12-30-10-8-16-6-7-18(14-17(16)9-11-30)26-23-25-15-19(24)22(28-23)27-20-4-3-5-21(20)29-34(2,31)32/h6-7,14-15,20-21,29H,3-5,8-13H2,1-2H3,(H2,25,26,27,28)/t20-,21+/m0/s1. The number of hydrogen-bond acceptors (Lipinski definition) is 8. The van der Waals surface area contributed by atoms with Crippen LogP contribution >= 0.6 is 11.6 Å². The smallest absolute Gasteiger partial charge is 0.229 e. The van der Waals surface area contributed by atoms with Gasteiger partial charge in [0.25, 0.3) is 0 Å². The van der Waals surface area contributed by atoms with Crippen LogP contribution < -0.4 is 15.4 Å². The van der Waals surface area contributed by atoms with Crippen LogP contribution in [0.1, 0.15) is 30.4 Å². The number of rotatable bonds is 9. The van der Waals surface area contributed by atoms with Gasteiger partial charge in [0.2, 0.25) is 16.0 Å². The first-order valence-electron chi connectivity index (χ1n) is 11.7. The van der Waals surface area contributed by atoms with Crippen molar-refractivity contribution < 1.29 is 13.2 Å². The van der Waals surface area contributed by atoms with E-state index in [0.717, 1.165) is 64.0 Å². The minimum absolute atomic E-state index is 0.0801. The SMILES string of the molecule is COCCN1CCc2ccc(Nc3ncc(Cl)c(N[C@H]4CCC[C@H]4NS(C)(=O)=O)n3)cc2CC1. The van der Waals surface area contributed by atoms with Gasteiger partial charge in [-0.25, -0.2) is 18.1 Å². The maximum absolute atomic E-state index is 11.7. The Morgan fingerprint density at radius 3 is 2.71 bits per heavy atom. The van der Waals surface area contributed by atoms with Crippen LogP contribution in [-0.2, 0) is 27.6 Å². The van der Waals surface area contributed by atoms with Crippen LogP contribution in [0.2, 0.25) is 5.02 Å². The predicted octanol–water partition coefficient (Wildman–Crippen LogP) is 2.80. The Bertz CT molecular complexity index is 1100. The van der Waals surface area contributed by atoms with Gasteiger partial charge in [0.05, 0.1) is 19.1 Å². The van der Waals surface area contributed by atoms with E-state index in [-0.39, 0.29) is 12.1 Å². The third-order valence-electron chi connectivity index (χ3n) is 6.42. The molecular weight excluding hydrogens is 476 g/mol. The number of anilines is 3. The third kappa shape index (κ3) is 6.79. The molecule has 1 aromatic carbocycles. The number of nitrogens with zero attached hydrogens (tertiary/aromatic N) is 3. The summed E-state index contributed by atoms with van der Waals surface area (Å²) in [7, 11) is -1.55. The highest BCUT2D eigenvalue weighted by molar-refractivity contribution is 7.88. The molecule has 11 heteroatoms. The lowest BCUT2D eigenvalue weighted by molar-refractivity contribution is 0.150. The molecule has 1 saturated carbocycles. The second-order valence-corrected chi connectivity index (χ2v) is 11.2. The zero-order valence-electron chi connectivity index (χ0n) is 19.7. The molecule has 186 valence electrons. The highest BCUT2D eigenvalue weighted by atomic mass is 35.5. The van der Waals surface area contributed by atoms with Gasteiger partial charge >= 0.3 is 0 Å². The van der Waals surface area contributed by atoms with Gasteiger partial charge in [0.1, 0.15) is 5.02 Å². The topological polar surface area (TPSA) is 108 Å². The van der Waals surface area contributed by atoms with Crippen molar-refractivity contribution in [2.45, 2.75) is 44.2 Å². The third-order valence-corrected chi connectivity index (χ3v) is 7.42. The molecule has 0 radical (unpaired) electrons. The molecule has 0 bridgehead atoms. The Balaban J connectivity index is 1.43. The van der Waals surface area contributed by atoms with E-state index in [2.05, 4.69) is 48.4 Å². The number of benzene rings is 1. The van der Waals surface area contributed by atoms with Crippen LogP contribution in [0.5, 0.6) is 0 Å². The van der Waals surface area contributed by atoms with E-state index in [4.69, 9.17) is 16.3 Å². The molecule has 4 rings (SSSR count). The van der Waals surface area contributed by atoms with Crippen molar-refractivity contribution in [3.05, 3.63) is 40.5 Å². The predicted molar refractivity (Wildman–Crippen MR) is 136 cm³/mol. The first-order valence-corrected chi connectivity index (χ1v) is 13.9. The van der Waals surface area contributed by atoms with Gasteiger partial charge in [-0.3, -0.25) is 0 Å². The van der Waals surface area contributed by atoms with Crippen LogP contribution in [0.3, 0.4) is 0 Å². The van der Waals surface area contributed by atoms with E-state index in [0.29, 0.717) is 16.8 Å². The van der Waals surface area contributed by atoms with E-state index in [1.165, 1.54) is 17.4 Å². The van der Waals surface area contributed by atoms with E-state index < -0.39 is 10.0 Å². The molecule has 1 aromatic heterocycles. The lowest BCUT2D eigenvalue weighted by Crippen LogP contribution is -2.43. The summed E-state index contributed by atoms with van der Waals surface area (Å²) in [5.74, 6) is 0.933. The average Bonchev–Trinajstić information content (AvgIpc) is 3.10. The molecule has 2 aliphatic rings. The largest absolute Gasteiger partial charge is 0.383 e. The zero-order chi connectivity index (χ0) is 24.1. The van der Waals surface area contributed by atoms with Gasteiger partial charge in [0, 0.05) is 44.5 Å². The second kappa shape index (κ2) is 11.2. The first kappa shape index (κ1) is 25.1. The van der Waals surface area contributed by atoms with Gasteiger partial charge in [-0.05, 0) is 55.4 Å². The molecule has 2 heterocycles. The normalized spacial score (nSPS) is 21.1. The van der Waals surface area contributed by atoms with Gasteiger partial charge in [-0.15, -0.1) is 0 Å². The van der Waals surface area contributed by atoms with E-state index in [1.54, 1.807) is 13.3 Å². The fourth-order valence-electron chi connectivity index (χ4n) is 4.68.